The first-order valence-electron chi connectivity index (χ1n) is 17.0. The summed E-state index contributed by atoms with van der Waals surface area (Å²) in [5, 5.41) is 0. The number of methoxy groups -OCH3 is 5. The highest BCUT2D eigenvalue weighted by Gasteiger charge is 2.34. The predicted octanol–water partition coefficient (Wildman–Crippen LogP) is 6.79. The zero-order chi connectivity index (χ0) is 34.9. The van der Waals surface area contributed by atoms with E-state index in [-0.39, 0.29) is 18.9 Å². The van der Waals surface area contributed by atoms with E-state index in [1.807, 2.05) is 18.2 Å². The maximum absolute atomic E-state index is 6.48. The molecular weight excluding hydrogens is 636 g/mol. The first-order chi connectivity index (χ1) is 24.4. The molecule has 4 aromatic carbocycles. The fourth-order valence-electron chi connectivity index (χ4n) is 7.70. The molecule has 0 N–H and O–H groups in total. The minimum atomic E-state index is 0.108. The molecule has 264 valence electrons. The van der Waals surface area contributed by atoms with Crippen molar-refractivity contribution in [2.24, 2.45) is 0 Å². The van der Waals surface area contributed by atoms with Crippen molar-refractivity contribution < 1.29 is 37.9 Å². The van der Waals surface area contributed by atoms with E-state index in [0.29, 0.717) is 28.7 Å². The molecule has 2 atom stereocenters. The fourth-order valence-corrected chi connectivity index (χ4v) is 7.70. The second-order valence-corrected chi connectivity index (χ2v) is 13.1. The van der Waals surface area contributed by atoms with Crippen LogP contribution in [0.1, 0.15) is 45.5 Å². The molecule has 0 amide bonds. The van der Waals surface area contributed by atoms with Gasteiger partial charge in [-0.3, -0.25) is 9.80 Å². The quantitative estimate of drug-likeness (QED) is 0.169. The van der Waals surface area contributed by atoms with Crippen LogP contribution in [0.2, 0.25) is 0 Å². The van der Waals surface area contributed by atoms with Crippen molar-refractivity contribution in [1.29, 1.82) is 0 Å². The number of hydrogen-bond donors (Lipinski definition) is 0. The second-order valence-electron chi connectivity index (χ2n) is 13.1. The summed E-state index contributed by atoms with van der Waals surface area (Å²) in [5.41, 5.74) is 7.12. The van der Waals surface area contributed by atoms with Crippen LogP contribution in [0.4, 0.5) is 0 Å². The zero-order valence-corrected chi connectivity index (χ0v) is 30.0. The summed E-state index contributed by atoms with van der Waals surface area (Å²) in [6, 6.07) is 19.0. The van der Waals surface area contributed by atoms with E-state index in [9.17, 15) is 0 Å². The van der Waals surface area contributed by atoms with Gasteiger partial charge in [-0.2, -0.15) is 0 Å². The highest BCUT2D eigenvalue weighted by molar-refractivity contribution is 5.62. The fraction of sp³-hybridized carbons (Fsp3) is 0.400. The number of fused-ring (bicyclic) bond motifs is 4. The van der Waals surface area contributed by atoms with Gasteiger partial charge in [0.05, 0.1) is 35.5 Å². The Hall–Kier alpha value is -4.80. The molecule has 0 saturated heterocycles. The van der Waals surface area contributed by atoms with Gasteiger partial charge < -0.3 is 37.9 Å². The lowest BCUT2D eigenvalue weighted by Crippen LogP contribution is -2.33. The molecule has 0 spiro atoms. The lowest BCUT2D eigenvalue weighted by atomic mass is 9.87. The van der Waals surface area contributed by atoms with Crippen LogP contribution in [-0.2, 0) is 25.7 Å². The summed E-state index contributed by atoms with van der Waals surface area (Å²) < 4.78 is 46.8. The monoisotopic (exact) mass is 682 g/mol. The van der Waals surface area contributed by atoms with Crippen molar-refractivity contribution in [3.63, 3.8) is 0 Å². The second kappa shape index (κ2) is 14.2. The van der Waals surface area contributed by atoms with Gasteiger partial charge in [-0.25, -0.2) is 0 Å². The Morgan fingerprint density at radius 2 is 1.16 bits per heavy atom. The summed E-state index contributed by atoms with van der Waals surface area (Å²) in [7, 11) is 12.7. The van der Waals surface area contributed by atoms with E-state index in [4.69, 9.17) is 37.9 Å². The molecular formula is C40H46N2O8. The minimum absolute atomic E-state index is 0.108. The predicted molar refractivity (Wildman–Crippen MR) is 190 cm³/mol. The third kappa shape index (κ3) is 6.11. The highest BCUT2D eigenvalue weighted by atomic mass is 16.7. The molecule has 0 radical (unpaired) electrons. The third-order valence-corrected chi connectivity index (χ3v) is 10.4. The molecule has 0 saturated carbocycles. The van der Waals surface area contributed by atoms with Gasteiger partial charge in [-0.05, 0) is 98.4 Å². The molecule has 3 heterocycles. The van der Waals surface area contributed by atoms with Crippen LogP contribution in [-0.4, -0.2) is 79.3 Å². The summed E-state index contributed by atoms with van der Waals surface area (Å²) in [6.45, 7) is 2.06. The average Bonchev–Trinajstić information content (AvgIpc) is 3.64. The average molecular weight is 683 g/mol. The number of benzene rings is 4. The van der Waals surface area contributed by atoms with Crippen LogP contribution >= 0.6 is 0 Å². The molecule has 0 unspecified atom stereocenters. The molecule has 3 aliphatic heterocycles. The summed E-state index contributed by atoms with van der Waals surface area (Å²) >= 11 is 0. The number of ether oxygens (including phenoxy) is 8. The molecule has 0 bridgehead atoms. The van der Waals surface area contributed by atoms with Gasteiger partial charge in [-0.15, -0.1) is 0 Å². The van der Waals surface area contributed by atoms with Gasteiger partial charge in [0.1, 0.15) is 5.75 Å². The van der Waals surface area contributed by atoms with E-state index < -0.39 is 0 Å². The Bertz CT molecular complexity index is 1860. The van der Waals surface area contributed by atoms with E-state index >= 15 is 0 Å². The largest absolute Gasteiger partial charge is 0.493 e. The van der Waals surface area contributed by atoms with Crippen molar-refractivity contribution in [2.75, 3.05) is 69.5 Å². The Morgan fingerprint density at radius 1 is 0.580 bits per heavy atom. The Kier molecular flexibility index (Phi) is 9.57. The smallest absolute Gasteiger partial charge is 0.231 e. The molecule has 0 fully saturated rings. The van der Waals surface area contributed by atoms with E-state index in [1.165, 1.54) is 22.3 Å². The lowest BCUT2D eigenvalue weighted by Gasteiger charge is -2.36. The lowest BCUT2D eigenvalue weighted by molar-refractivity contribution is 0.169. The van der Waals surface area contributed by atoms with Gasteiger partial charge in [0.15, 0.2) is 34.5 Å². The van der Waals surface area contributed by atoms with Gasteiger partial charge in [-0.1, -0.05) is 18.2 Å². The van der Waals surface area contributed by atoms with Crippen molar-refractivity contribution in [1.82, 2.24) is 9.80 Å². The maximum Gasteiger partial charge on any atom is 0.231 e. The normalized spacial score (nSPS) is 18.2. The van der Waals surface area contributed by atoms with Gasteiger partial charge in [0, 0.05) is 36.3 Å². The number of nitrogens with zero attached hydrogens (tertiary/aromatic N) is 2. The number of rotatable bonds is 11. The van der Waals surface area contributed by atoms with Crippen LogP contribution in [0.25, 0.3) is 0 Å². The molecule has 10 heteroatoms. The van der Waals surface area contributed by atoms with Gasteiger partial charge in [0.2, 0.25) is 18.3 Å². The Morgan fingerprint density at radius 3 is 1.82 bits per heavy atom. The molecule has 10 nitrogen and oxygen atoms in total. The maximum atomic E-state index is 6.48. The van der Waals surface area contributed by atoms with Crippen LogP contribution in [0.15, 0.2) is 54.6 Å². The molecule has 50 heavy (non-hydrogen) atoms. The number of likely N-dealkylation sites (N-methyl/N-ethyl adjacent to an activating group) is 2. The van der Waals surface area contributed by atoms with E-state index in [0.717, 1.165) is 72.9 Å². The first kappa shape index (κ1) is 33.7. The minimum Gasteiger partial charge on any atom is -0.493 e. The summed E-state index contributed by atoms with van der Waals surface area (Å²) in [6.07, 6.45) is 3.38. The zero-order valence-electron chi connectivity index (χ0n) is 30.0. The topological polar surface area (TPSA) is 80.3 Å². The SMILES string of the molecule is COc1ccc(C[C@H]2c3cc(OC)c(OC)c(OC)c3CCN2C)cc1Oc1ccc(C[C@H]2c3cc(OC)c4c(c3CCN2C)OCO4)cc1. The molecule has 0 aromatic heterocycles. The van der Waals surface area contributed by atoms with Crippen molar-refractivity contribution >= 4 is 0 Å². The van der Waals surface area contributed by atoms with Crippen LogP contribution < -0.4 is 37.9 Å². The molecule has 3 aliphatic rings. The summed E-state index contributed by atoms with van der Waals surface area (Å²) in [5.74, 6) is 6.39. The van der Waals surface area contributed by atoms with Gasteiger partial charge in [0.25, 0.3) is 0 Å². The molecule has 4 aromatic rings. The Labute approximate surface area is 294 Å². The molecule has 7 rings (SSSR count). The van der Waals surface area contributed by atoms with Crippen LogP contribution in [0.3, 0.4) is 0 Å². The van der Waals surface area contributed by atoms with Crippen molar-refractivity contribution in [3.05, 3.63) is 88.0 Å². The molecule has 0 aliphatic carbocycles. The Balaban J connectivity index is 1.11. The van der Waals surface area contributed by atoms with Gasteiger partial charge >= 0.3 is 0 Å². The van der Waals surface area contributed by atoms with E-state index in [2.05, 4.69) is 60.3 Å². The third-order valence-electron chi connectivity index (χ3n) is 10.4. The number of hydrogen-bond acceptors (Lipinski definition) is 10. The van der Waals surface area contributed by atoms with Crippen molar-refractivity contribution in [2.45, 2.75) is 37.8 Å². The summed E-state index contributed by atoms with van der Waals surface area (Å²) in [4.78, 5) is 4.78. The standard InChI is InChI=1S/C40H46N2O8/c1-41-17-15-28-30(22-36(45-5)40-38(28)48-23-49-40)31(41)18-24-8-11-26(12-9-24)50-34-20-25(10-13-33(34)43-3)19-32-29-21-35(44-4)39(47-7)37(46-6)27(29)14-16-42(32)2/h8-13,20-22,31-32H,14-19,23H2,1-7H3/t31-,32-/m0/s1. The van der Waals surface area contributed by atoms with Crippen LogP contribution in [0.5, 0.6) is 51.7 Å². The van der Waals surface area contributed by atoms with Crippen molar-refractivity contribution in [3.8, 4) is 51.7 Å². The van der Waals surface area contributed by atoms with Crippen LogP contribution in [0, 0.1) is 0 Å². The highest BCUT2D eigenvalue weighted by Crippen LogP contribution is 2.50. The van der Waals surface area contributed by atoms with E-state index in [1.54, 1.807) is 35.5 Å². The first-order valence-corrected chi connectivity index (χ1v) is 17.0.